The first kappa shape index (κ1) is 21.7. The minimum absolute atomic E-state index is 0.0761. The third-order valence-electron chi connectivity index (χ3n) is 6.15. The first-order valence-electron chi connectivity index (χ1n) is 10.8. The molecule has 0 saturated carbocycles. The van der Waals surface area contributed by atoms with E-state index < -0.39 is 5.92 Å². The van der Waals surface area contributed by atoms with Crippen LogP contribution < -0.4 is 20.1 Å². The van der Waals surface area contributed by atoms with Gasteiger partial charge in [-0.15, -0.1) is 0 Å². The lowest BCUT2D eigenvalue weighted by atomic mass is 9.75. The Morgan fingerprint density at radius 3 is 2.50 bits per heavy atom. The summed E-state index contributed by atoms with van der Waals surface area (Å²) < 4.78 is 10.9. The molecule has 2 aromatic rings. The van der Waals surface area contributed by atoms with Crippen molar-refractivity contribution in [3.8, 4) is 11.5 Å². The number of para-hydroxylation sites is 1. The summed E-state index contributed by atoms with van der Waals surface area (Å²) in [7, 11) is 3.16. The molecular weight excluding hydrogens is 404 g/mol. The largest absolute Gasteiger partial charge is 0.493 e. The molecule has 0 bridgehead atoms. The maximum atomic E-state index is 13.6. The summed E-state index contributed by atoms with van der Waals surface area (Å²) in [5, 5.41) is 6.40. The number of hydrogen-bond acceptors (Lipinski definition) is 5. The van der Waals surface area contributed by atoms with Crippen LogP contribution in [-0.2, 0) is 9.59 Å². The van der Waals surface area contributed by atoms with Crippen LogP contribution >= 0.6 is 0 Å². The molecule has 0 fully saturated rings. The van der Waals surface area contributed by atoms with E-state index in [2.05, 4.69) is 10.6 Å². The summed E-state index contributed by atoms with van der Waals surface area (Å²) in [6.07, 6.45) is 2.08. The smallest absolute Gasteiger partial charge is 0.254 e. The highest BCUT2D eigenvalue weighted by Crippen LogP contribution is 2.44. The fraction of sp³-hybridized carbons (Fsp3) is 0.308. The number of carbonyl (C=O) groups is 2. The number of benzene rings is 2. The highest BCUT2D eigenvalue weighted by Gasteiger charge is 2.38. The fourth-order valence-electron chi connectivity index (χ4n) is 4.55. The topological polar surface area (TPSA) is 76.7 Å². The Balaban J connectivity index is 1.83. The van der Waals surface area contributed by atoms with Crippen LogP contribution in [0.4, 0.5) is 5.69 Å². The molecule has 6 nitrogen and oxygen atoms in total. The van der Waals surface area contributed by atoms with E-state index in [1.54, 1.807) is 14.2 Å². The van der Waals surface area contributed by atoms with Gasteiger partial charge in [0.25, 0.3) is 5.91 Å². The van der Waals surface area contributed by atoms with Crippen molar-refractivity contribution in [2.45, 2.75) is 39.0 Å². The number of rotatable bonds is 5. The maximum absolute atomic E-state index is 13.6. The van der Waals surface area contributed by atoms with Gasteiger partial charge in [0.1, 0.15) is 0 Å². The van der Waals surface area contributed by atoms with Crippen LogP contribution in [0.1, 0.15) is 43.2 Å². The van der Waals surface area contributed by atoms with Crippen LogP contribution in [0.3, 0.4) is 0 Å². The molecule has 32 heavy (non-hydrogen) atoms. The quantitative estimate of drug-likeness (QED) is 0.721. The Kier molecular flexibility index (Phi) is 6.04. The Morgan fingerprint density at radius 1 is 1.03 bits per heavy atom. The summed E-state index contributed by atoms with van der Waals surface area (Å²) >= 11 is 0. The second-order valence-corrected chi connectivity index (χ2v) is 8.15. The molecule has 2 aliphatic rings. The number of Topliss-reactive ketones (excluding diaryl/α,β-unsaturated/α-hetero) is 1. The standard InChI is InChI=1S/C26H28N2O4/c1-15-8-5-6-9-18(15)28-26(30)23-16(2)27-19-10-7-11-20(29)25(19)24(23)17-12-13-21(31-3)22(14-17)32-4/h5-6,8-9,12-14,24,27H,7,10-11H2,1-4H3,(H,28,30). The summed E-state index contributed by atoms with van der Waals surface area (Å²) in [6.45, 7) is 3.84. The van der Waals surface area contributed by atoms with Gasteiger partial charge < -0.3 is 20.1 Å². The SMILES string of the molecule is COc1ccc(C2C(C(=O)Nc3ccccc3C)=C(C)NC3=C2C(=O)CCC3)cc1OC. The summed E-state index contributed by atoms with van der Waals surface area (Å²) in [4.78, 5) is 26.6. The molecule has 1 aliphatic carbocycles. The predicted octanol–water partition coefficient (Wildman–Crippen LogP) is 4.62. The van der Waals surface area contributed by atoms with Gasteiger partial charge in [0.05, 0.1) is 14.2 Å². The van der Waals surface area contributed by atoms with Gasteiger partial charge in [-0.2, -0.15) is 0 Å². The van der Waals surface area contributed by atoms with Crippen molar-refractivity contribution in [1.82, 2.24) is 5.32 Å². The predicted molar refractivity (Wildman–Crippen MR) is 124 cm³/mol. The molecule has 2 N–H and O–H groups in total. The minimum Gasteiger partial charge on any atom is -0.493 e. The van der Waals surface area contributed by atoms with E-state index in [0.717, 1.165) is 41.1 Å². The highest BCUT2D eigenvalue weighted by molar-refractivity contribution is 6.10. The lowest BCUT2D eigenvalue weighted by Gasteiger charge is -2.34. The third-order valence-corrected chi connectivity index (χ3v) is 6.15. The van der Waals surface area contributed by atoms with Crippen LogP contribution in [-0.4, -0.2) is 25.9 Å². The van der Waals surface area contributed by atoms with E-state index in [4.69, 9.17) is 9.47 Å². The van der Waals surface area contributed by atoms with Gasteiger partial charge in [-0.3, -0.25) is 9.59 Å². The van der Waals surface area contributed by atoms with Crippen molar-refractivity contribution >= 4 is 17.4 Å². The Labute approximate surface area is 188 Å². The first-order chi connectivity index (χ1) is 15.4. The van der Waals surface area contributed by atoms with Crippen molar-refractivity contribution in [2.75, 3.05) is 19.5 Å². The van der Waals surface area contributed by atoms with E-state index in [1.165, 1.54) is 0 Å². The molecule has 1 atom stereocenters. The van der Waals surface area contributed by atoms with Gasteiger partial charge in [-0.05, 0) is 56.0 Å². The Hall–Kier alpha value is -3.54. The van der Waals surface area contributed by atoms with E-state index in [1.807, 2.05) is 56.3 Å². The van der Waals surface area contributed by atoms with Crippen molar-refractivity contribution < 1.29 is 19.1 Å². The zero-order chi connectivity index (χ0) is 22.8. The van der Waals surface area contributed by atoms with Crippen LogP contribution in [0.2, 0.25) is 0 Å². The minimum atomic E-state index is -0.483. The number of nitrogens with one attached hydrogen (secondary N) is 2. The molecule has 4 rings (SSSR count). The van der Waals surface area contributed by atoms with Crippen molar-refractivity contribution in [3.05, 3.63) is 76.1 Å². The molecule has 2 aromatic carbocycles. The second-order valence-electron chi connectivity index (χ2n) is 8.15. The molecule has 1 heterocycles. The monoisotopic (exact) mass is 432 g/mol. The number of amides is 1. The molecular formula is C26H28N2O4. The van der Waals surface area contributed by atoms with Gasteiger partial charge in [0.2, 0.25) is 0 Å². The van der Waals surface area contributed by atoms with Crippen LogP contribution in [0.15, 0.2) is 65.0 Å². The number of ketones is 1. The zero-order valence-electron chi connectivity index (χ0n) is 18.9. The maximum Gasteiger partial charge on any atom is 0.254 e. The van der Waals surface area contributed by atoms with E-state index in [0.29, 0.717) is 29.1 Å². The van der Waals surface area contributed by atoms with E-state index >= 15 is 0 Å². The highest BCUT2D eigenvalue weighted by atomic mass is 16.5. The molecule has 1 amide bonds. The van der Waals surface area contributed by atoms with Crippen molar-refractivity contribution in [1.29, 1.82) is 0 Å². The summed E-state index contributed by atoms with van der Waals surface area (Å²) in [5.74, 6) is 0.523. The molecule has 1 aliphatic heterocycles. The average molecular weight is 433 g/mol. The lowest BCUT2D eigenvalue weighted by molar-refractivity contribution is -0.116. The summed E-state index contributed by atoms with van der Waals surface area (Å²) in [5.41, 5.74) is 5.41. The first-order valence-corrected chi connectivity index (χ1v) is 10.8. The number of hydrogen-bond donors (Lipinski definition) is 2. The normalized spacial score (nSPS) is 18.1. The van der Waals surface area contributed by atoms with E-state index in [9.17, 15) is 9.59 Å². The summed E-state index contributed by atoms with van der Waals surface area (Å²) in [6, 6.07) is 13.2. The lowest BCUT2D eigenvalue weighted by Crippen LogP contribution is -2.35. The Bertz CT molecular complexity index is 1150. The molecule has 1 unspecified atom stereocenters. The number of anilines is 1. The van der Waals surface area contributed by atoms with Gasteiger partial charge in [0, 0.05) is 40.6 Å². The number of allylic oxidation sites excluding steroid dienone is 3. The Morgan fingerprint density at radius 2 is 1.78 bits per heavy atom. The average Bonchev–Trinajstić information content (AvgIpc) is 2.79. The van der Waals surface area contributed by atoms with Gasteiger partial charge in [-0.25, -0.2) is 0 Å². The third kappa shape index (κ3) is 3.88. The van der Waals surface area contributed by atoms with Crippen molar-refractivity contribution in [3.63, 3.8) is 0 Å². The molecule has 6 heteroatoms. The fourth-order valence-corrected chi connectivity index (χ4v) is 4.55. The van der Waals surface area contributed by atoms with Crippen LogP contribution in [0.25, 0.3) is 0 Å². The number of dihydropyridines is 1. The number of carbonyl (C=O) groups excluding carboxylic acids is 2. The van der Waals surface area contributed by atoms with Crippen LogP contribution in [0.5, 0.6) is 11.5 Å². The molecule has 0 radical (unpaired) electrons. The molecule has 0 aromatic heterocycles. The van der Waals surface area contributed by atoms with Crippen molar-refractivity contribution in [2.24, 2.45) is 0 Å². The molecule has 166 valence electrons. The van der Waals surface area contributed by atoms with Gasteiger partial charge in [0.15, 0.2) is 17.3 Å². The number of methoxy groups -OCH3 is 2. The molecule has 0 saturated heterocycles. The van der Waals surface area contributed by atoms with Crippen LogP contribution in [0, 0.1) is 6.92 Å². The molecule has 0 spiro atoms. The van der Waals surface area contributed by atoms with E-state index in [-0.39, 0.29) is 11.7 Å². The van der Waals surface area contributed by atoms with Gasteiger partial charge in [-0.1, -0.05) is 24.3 Å². The second kappa shape index (κ2) is 8.91. The van der Waals surface area contributed by atoms with Gasteiger partial charge >= 0.3 is 0 Å². The number of ether oxygens (including phenoxy) is 2. The zero-order valence-corrected chi connectivity index (χ0v) is 18.9. The number of aryl methyl sites for hydroxylation is 1.